The van der Waals surface area contributed by atoms with Crippen molar-refractivity contribution in [3.8, 4) is 5.75 Å². The van der Waals surface area contributed by atoms with E-state index in [1.165, 1.54) is 24.1 Å². The van der Waals surface area contributed by atoms with Gasteiger partial charge in [0, 0.05) is 31.4 Å². The molecule has 164 valence electrons. The molecule has 0 aliphatic heterocycles. The van der Waals surface area contributed by atoms with Crippen molar-refractivity contribution in [2.75, 3.05) is 13.7 Å². The molecule has 0 aliphatic rings. The third-order valence-electron chi connectivity index (χ3n) is 4.53. The zero-order valence-electron chi connectivity index (χ0n) is 17.6. The monoisotopic (exact) mass is 434 g/mol. The van der Waals surface area contributed by atoms with E-state index >= 15 is 0 Å². The third-order valence-corrected chi connectivity index (χ3v) is 4.53. The highest BCUT2D eigenvalue weighted by Gasteiger charge is 2.13. The molecule has 0 spiro atoms. The van der Waals surface area contributed by atoms with Gasteiger partial charge in [-0.05, 0) is 42.0 Å². The average molecular weight is 434 g/mol. The molecule has 32 heavy (non-hydrogen) atoms. The van der Waals surface area contributed by atoms with Gasteiger partial charge in [0.1, 0.15) is 18.2 Å². The Bertz CT molecular complexity index is 1070. The van der Waals surface area contributed by atoms with Crippen molar-refractivity contribution >= 4 is 18.0 Å². The third kappa shape index (κ3) is 7.05. The molecule has 6 nitrogen and oxygen atoms in total. The molecular formula is C25H23FN2O4. The van der Waals surface area contributed by atoms with Crippen LogP contribution in [0.5, 0.6) is 5.75 Å². The second kappa shape index (κ2) is 11.4. The Balaban J connectivity index is 1.42. The molecule has 3 rings (SSSR count). The van der Waals surface area contributed by atoms with Gasteiger partial charge < -0.3 is 14.4 Å². The molecule has 0 bridgehead atoms. The summed E-state index contributed by atoms with van der Waals surface area (Å²) in [4.78, 5) is 29.5. The number of carbonyl (C=O) groups excluding carboxylic acids is 2. The number of hydrogen-bond acceptors (Lipinski definition) is 5. The number of ether oxygens (including phenoxy) is 2. The lowest BCUT2D eigenvalue weighted by Crippen LogP contribution is -2.30. The Hall–Kier alpha value is -4.00. The first-order valence-corrected chi connectivity index (χ1v) is 9.96. The van der Waals surface area contributed by atoms with Crippen LogP contribution in [0.3, 0.4) is 0 Å². The molecule has 3 aromatic rings. The van der Waals surface area contributed by atoms with Crippen LogP contribution in [0.15, 0.2) is 79.0 Å². The topological polar surface area (TPSA) is 68.7 Å². The first-order chi connectivity index (χ1) is 15.5. The minimum absolute atomic E-state index is 0.0909. The molecule has 0 fully saturated rings. The van der Waals surface area contributed by atoms with E-state index in [4.69, 9.17) is 9.47 Å². The Kier molecular flexibility index (Phi) is 8.09. The van der Waals surface area contributed by atoms with Gasteiger partial charge in [-0.25, -0.2) is 9.18 Å². The molecule has 0 atom stereocenters. The first kappa shape index (κ1) is 22.7. The number of carbonyl (C=O) groups is 2. The number of nitrogens with zero attached hydrogens (tertiary/aromatic N) is 2. The molecule has 7 heteroatoms. The maximum atomic E-state index is 13.7. The van der Waals surface area contributed by atoms with Crippen molar-refractivity contribution in [2.24, 2.45) is 0 Å². The molecule has 1 heterocycles. The highest BCUT2D eigenvalue weighted by atomic mass is 19.1. The number of pyridine rings is 1. The van der Waals surface area contributed by atoms with Crippen LogP contribution in [0.2, 0.25) is 0 Å². The predicted octanol–water partition coefficient (Wildman–Crippen LogP) is 4.01. The molecule has 0 N–H and O–H groups in total. The molecule has 1 amide bonds. The van der Waals surface area contributed by atoms with Crippen LogP contribution in [0.25, 0.3) is 6.08 Å². The molecular weight excluding hydrogens is 411 g/mol. The summed E-state index contributed by atoms with van der Waals surface area (Å²) in [5, 5.41) is 0. The van der Waals surface area contributed by atoms with Crippen molar-refractivity contribution in [3.63, 3.8) is 0 Å². The van der Waals surface area contributed by atoms with Gasteiger partial charge in [-0.2, -0.15) is 0 Å². The van der Waals surface area contributed by atoms with Gasteiger partial charge in [0.15, 0.2) is 6.61 Å². The summed E-state index contributed by atoms with van der Waals surface area (Å²) in [6.07, 6.45) is 4.53. The van der Waals surface area contributed by atoms with Crippen LogP contribution in [0, 0.1) is 5.82 Å². The lowest BCUT2D eigenvalue weighted by atomic mass is 10.2. The van der Waals surface area contributed by atoms with E-state index in [2.05, 4.69) is 4.98 Å². The number of benzene rings is 2. The molecule has 0 saturated carbocycles. The SMILES string of the molecule is CN(Cc1ccccc1F)C(=O)COC(=O)/C=C/c1ccc(OCc2ccccn2)cc1. The van der Waals surface area contributed by atoms with Gasteiger partial charge in [0.2, 0.25) is 0 Å². The van der Waals surface area contributed by atoms with Crippen molar-refractivity contribution in [1.82, 2.24) is 9.88 Å². The van der Waals surface area contributed by atoms with Crippen molar-refractivity contribution in [2.45, 2.75) is 13.2 Å². The summed E-state index contributed by atoms with van der Waals surface area (Å²) in [5.74, 6) is -0.781. The lowest BCUT2D eigenvalue weighted by Gasteiger charge is -2.17. The molecule has 1 aromatic heterocycles. The predicted molar refractivity (Wildman–Crippen MR) is 118 cm³/mol. The second-order valence-corrected chi connectivity index (χ2v) is 6.96. The number of hydrogen-bond donors (Lipinski definition) is 0. The second-order valence-electron chi connectivity index (χ2n) is 6.96. The smallest absolute Gasteiger partial charge is 0.331 e. The van der Waals surface area contributed by atoms with E-state index < -0.39 is 18.5 Å². The number of amides is 1. The Labute approximate surface area is 185 Å². The summed E-state index contributed by atoms with van der Waals surface area (Å²) in [6, 6.07) is 19.0. The van der Waals surface area contributed by atoms with Crippen LogP contribution in [0.1, 0.15) is 16.8 Å². The van der Waals surface area contributed by atoms with Crippen LogP contribution >= 0.6 is 0 Å². The summed E-state index contributed by atoms with van der Waals surface area (Å²) >= 11 is 0. The molecule has 2 aromatic carbocycles. The zero-order chi connectivity index (χ0) is 22.8. The number of aromatic nitrogens is 1. The molecule has 0 radical (unpaired) electrons. The number of esters is 1. The largest absolute Gasteiger partial charge is 0.487 e. The number of likely N-dealkylation sites (N-methyl/N-ethyl adjacent to an activating group) is 1. The van der Waals surface area contributed by atoms with Gasteiger partial charge in [0.05, 0.1) is 5.69 Å². The molecule has 0 unspecified atom stereocenters. The maximum absolute atomic E-state index is 13.7. The van der Waals surface area contributed by atoms with Crippen molar-refractivity contribution in [1.29, 1.82) is 0 Å². The van der Waals surface area contributed by atoms with Gasteiger partial charge in [0.25, 0.3) is 5.91 Å². The lowest BCUT2D eigenvalue weighted by molar-refractivity contribution is -0.147. The van der Waals surface area contributed by atoms with Crippen LogP contribution in [0.4, 0.5) is 4.39 Å². The van der Waals surface area contributed by atoms with Gasteiger partial charge in [-0.1, -0.05) is 36.4 Å². The minimum atomic E-state index is -0.645. The fraction of sp³-hybridized carbons (Fsp3) is 0.160. The van der Waals surface area contributed by atoms with Gasteiger partial charge in [-0.15, -0.1) is 0 Å². The molecule has 0 saturated heterocycles. The summed E-state index contributed by atoms with van der Waals surface area (Å²) in [6.45, 7) is 0.0316. The fourth-order valence-corrected chi connectivity index (χ4v) is 2.74. The average Bonchev–Trinajstić information content (AvgIpc) is 2.82. The van der Waals surface area contributed by atoms with E-state index in [0.717, 1.165) is 11.3 Å². The maximum Gasteiger partial charge on any atom is 0.331 e. The summed E-state index contributed by atoms with van der Waals surface area (Å²) in [5.41, 5.74) is 1.99. The Morgan fingerprint density at radius 3 is 2.50 bits per heavy atom. The standard InChI is InChI=1S/C25H23FN2O4/c1-28(16-20-6-2-3-8-23(20)26)24(29)18-32-25(30)14-11-19-9-12-22(13-10-19)31-17-21-7-4-5-15-27-21/h2-15H,16-18H2,1H3/b14-11+. The summed E-state index contributed by atoms with van der Waals surface area (Å²) < 4.78 is 24.3. The first-order valence-electron chi connectivity index (χ1n) is 9.96. The fourth-order valence-electron chi connectivity index (χ4n) is 2.74. The highest BCUT2D eigenvalue weighted by molar-refractivity contribution is 5.89. The van der Waals surface area contributed by atoms with E-state index in [9.17, 15) is 14.0 Å². The Morgan fingerprint density at radius 1 is 1.03 bits per heavy atom. The van der Waals surface area contributed by atoms with E-state index in [1.807, 2.05) is 18.2 Å². The highest BCUT2D eigenvalue weighted by Crippen LogP contribution is 2.15. The van der Waals surface area contributed by atoms with E-state index in [1.54, 1.807) is 54.7 Å². The quantitative estimate of drug-likeness (QED) is 0.376. The van der Waals surface area contributed by atoms with E-state index in [-0.39, 0.29) is 12.4 Å². The minimum Gasteiger partial charge on any atom is -0.487 e. The molecule has 0 aliphatic carbocycles. The van der Waals surface area contributed by atoms with Crippen LogP contribution < -0.4 is 4.74 Å². The number of rotatable bonds is 9. The van der Waals surface area contributed by atoms with Gasteiger partial charge >= 0.3 is 5.97 Å². The summed E-state index contributed by atoms with van der Waals surface area (Å²) in [7, 11) is 1.52. The van der Waals surface area contributed by atoms with E-state index in [0.29, 0.717) is 17.9 Å². The Morgan fingerprint density at radius 2 is 1.78 bits per heavy atom. The normalized spacial score (nSPS) is 10.7. The van der Waals surface area contributed by atoms with Gasteiger partial charge in [-0.3, -0.25) is 9.78 Å². The van der Waals surface area contributed by atoms with Crippen molar-refractivity contribution in [3.05, 3.63) is 102 Å². The van der Waals surface area contributed by atoms with Crippen LogP contribution in [-0.2, 0) is 27.5 Å². The number of halogens is 1. The zero-order valence-corrected chi connectivity index (χ0v) is 17.6. The van der Waals surface area contributed by atoms with Crippen LogP contribution in [-0.4, -0.2) is 35.4 Å². The van der Waals surface area contributed by atoms with Crippen molar-refractivity contribution < 1.29 is 23.5 Å².